The summed E-state index contributed by atoms with van der Waals surface area (Å²) in [5, 5.41) is 3.27. The van der Waals surface area contributed by atoms with E-state index >= 15 is 0 Å². The van der Waals surface area contributed by atoms with E-state index in [1.165, 1.54) is 8.68 Å². The zero-order chi connectivity index (χ0) is 25.3. The lowest BCUT2D eigenvalue weighted by Crippen LogP contribution is -2.54. The van der Waals surface area contributed by atoms with Gasteiger partial charge in [0.15, 0.2) is 0 Å². The first-order valence-electron chi connectivity index (χ1n) is 12.0. The molecule has 2 aliphatic rings. The second-order valence-electron chi connectivity index (χ2n) is 9.78. The van der Waals surface area contributed by atoms with Crippen molar-refractivity contribution in [2.75, 3.05) is 28.7 Å². The van der Waals surface area contributed by atoms with Crippen molar-refractivity contribution in [3.05, 3.63) is 84.2 Å². The van der Waals surface area contributed by atoms with Crippen LogP contribution in [0.3, 0.4) is 0 Å². The van der Waals surface area contributed by atoms with E-state index in [9.17, 15) is 9.59 Å². The number of hydrogen-bond acceptors (Lipinski definition) is 5. The molecule has 0 unspecified atom stereocenters. The second-order valence-corrected chi connectivity index (χ2v) is 10.7. The molecule has 186 valence electrons. The summed E-state index contributed by atoms with van der Waals surface area (Å²) in [4.78, 5) is 38.5. The Balaban J connectivity index is 1.29. The predicted molar refractivity (Wildman–Crippen MR) is 148 cm³/mol. The maximum Gasteiger partial charge on any atom is 0.322 e. The number of nitrogens with one attached hydrogen (secondary N) is 1. The number of hydrogen-bond donors (Lipinski definition) is 1. The van der Waals surface area contributed by atoms with Crippen LogP contribution in [0.2, 0.25) is 0 Å². The average Bonchev–Trinajstić information content (AvgIpc) is 3.24. The van der Waals surface area contributed by atoms with Crippen LogP contribution in [-0.2, 0) is 5.54 Å². The van der Waals surface area contributed by atoms with Gasteiger partial charge in [0.1, 0.15) is 0 Å². The van der Waals surface area contributed by atoms with Gasteiger partial charge in [0, 0.05) is 11.1 Å². The molecule has 1 aliphatic carbocycles. The van der Waals surface area contributed by atoms with Crippen molar-refractivity contribution in [3.8, 4) is 0 Å². The SMILES string of the molecule is CN(C)[C@]1(c2ccccc2)CC[C@]2(CC1)CN(c1cnc(N(I)C(=O)c3ccccc3)nc1)C(=O)N2. The molecule has 1 N–H and O–H groups in total. The minimum atomic E-state index is -0.275. The van der Waals surface area contributed by atoms with E-state index in [1.807, 2.05) is 41.1 Å². The monoisotopic (exact) mass is 596 g/mol. The Hall–Kier alpha value is -3.05. The molecule has 2 fully saturated rings. The number of benzene rings is 2. The number of nitrogens with zero attached hydrogens (tertiary/aromatic N) is 5. The molecule has 0 bridgehead atoms. The van der Waals surface area contributed by atoms with Crippen LogP contribution in [0.25, 0.3) is 0 Å². The van der Waals surface area contributed by atoms with Crippen LogP contribution in [0.1, 0.15) is 41.6 Å². The first-order chi connectivity index (χ1) is 17.3. The van der Waals surface area contributed by atoms with E-state index in [4.69, 9.17) is 0 Å². The van der Waals surface area contributed by atoms with Crippen molar-refractivity contribution >= 4 is 46.4 Å². The molecule has 1 aliphatic heterocycles. The fourth-order valence-electron chi connectivity index (χ4n) is 5.42. The minimum absolute atomic E-state index is 0.0372. The smallest absolute Gasteiger partial charge is 0.322 e. The van der Waals surface area contributed by atoms with Gasteiger partial charge >= 0.3 is 6.03 Å². The molecule has 8 nitrogen and oxygen atoms in total. The number of anilines is 2. The van der Waals surface area contributed by atoms with E-state index < -0.39 is 0 Å². The molecular formula is C27H29IN6O2. The van der Waals surface area contributed by atoms with Gasteiger partial charge in [-0.05, 0) is 57.5 Å². The van der Waals surface area contributed by atoms with Gasteiger partial charge in [-0.3, -0.25) is 14.6 Å². The van der Waals surface area contributed by atoms with Gasteiger partial charge in [-0.25, -0.2) is 17.9 Å². The van der Waals surface area contributed by atoms with Crippen LogP contribution in [-0.4, -0.2) is 53.0 Å². The van der Waals surface area contributed by atoms with Gasteiger partial charge in [-0.1, -0.05) is 48.5 Å². The summed E-state index contributed by atoms with van der Waals surface area (Å²) in [6.45, 7) is 0.573. The molecule has 0 radical (unpaired) electrons. The summed E-state index contributed by atoms with van der Waals surface area (Å²) in [7, 11) is 4.28. The third-order valence-electron chi connectivity index (χ3n) is 7.59. The average molecular weight is 596 g/mol. The number of rotatable bonds is 5. The fraction of sp³-hybridized carbons (Fsp3) is 0.333. The van der Waals surface area contributed by atoms with Crippen LogP contribution in [0.5, 0.6) is 0 Å². The summed E-state index contributed by atoms with van der Waals surface area (Å²) in [5.41, 5.74) is 2.19. The lowest BCUT2D eigenvalue weighted by molar-refractivity contribution is 0.0658. The first kappa shape index (κ1) is 24.6. The molecule has 5 rings (SSSR count). The van der Waals surface area contributed by atoms with Crippen LogP contribution < -0.4 is 13.3 Å². The molecule has 3 aromatic rings. The Morgan fingerprint density at radius 1 is 0.944 bits per heavy atom. The molecule has 3 amide bonds. The van der Waals surface area contributed by atoms with Crippen LogP contribution in [0, 0.1) is 0 Å². The van der Waals surface area contributed by atoms with Crippen LogP contribution in [0.4, 0.5) is 16.4 Å². The molecule has 9 heteroatoms. The summed E-state index contributed by atoms with van der Waals surface area (Å²) in [5.74, 6) is 0.0747. The minimum Gasteiger partial charge on any atom is -0.330 e. The van der Waals surface area contributed by atoms with Gasteiger partial charge in [0.2, 0.25) is 5.95 Å². The zero-order valence-corrected chi connectivity index (χ0v) is 22.6. The quantitative estimate of drug-likeness (QED) is 0.339. The predicted octanol–water partition coefficient (Wildman–Crippen LogP) is 4.77. The zero-order valence-electron chi connectivity index (χ0n) is 20.4. The molecule has 1 spiro atoms. The van der Waals surface area contributed by atoms with Crippen molar-refractivity contribution in [2.45, 2.75) is 36.8 Å². The summed E-state index contributed by atoms with van der Waals surface area (Å²) in [6, 6.07) is 19.5. The highest BCUT2D eigenvalue weighted by Gasteiger charge is 2.50. The third-order valence-corrected chi connectivity index (χ3v) is 8.46. The molecule has 1 saturated carbocycles. The van der Waals surface area contributed by atoms with Crippen molar-refractivity contribution in [3.63, 3.8) is 0 Å². The maximum atomic E-state index is 13.0. The molecule has 2 heterocycles. The van der Waals surface area contributed by atoms with E-state index in [-0.39, 0.29) is 29.0 Å². The highest BCUT2D eigenvalue weighted by molar-refractivity contribution is 14.1. The molecule has 2 aromatic carbocycles. The van der Waals surface area contributed by atoms with Crippen molar-refractivity contribution < 1.29 is 9.59 Å². The topological polar surface area (TPSA) is 81.7 Å². The fourth-order valence-corrected chi connectivity index (χ4v) is 5.95. The van der Waals surface area contributed by atoms with Crippen LogP contribution in [0.15, 0.2) is 73.1 Å². The van der Waals surface area contributed by atoms with Crippen molar-refractivity contribution in [1.82, 2.24) is 20.2 Å². The standard InChI is InChI=1S/C27H29IN6O2/c1-32(2)27(21-11-7-4-8-12-21)15-13-26(14-16-27)19-33(25(36)31-26)22-17-29-24(30-18-22)34(28)23(35)20-9-5-3-6-10-20/h3-12,17-18H,13-16,19H2,1-2H3,(H,31,36)/t26-,27+. The van der Waals surface area contributed by atoms with Gasteiger partial charge in [0.05, 0.1) is 53.0 Å². The Morgan fingerprint density at radius 3 is 2.11 bits per heavy atom. The number of aromatic nitrogens is 2. The van der Waals surface area contributed by atoms with Gasteiger partial charge < -0.3 is 5.32 Å². The number of carbonyl (C=O) groups excluding carboxylic acids is 2. The van der Waals surface area contributed by atoms with E-state index in [1.54, 1.807) is 29.4 Å². The highest BCUT2D eigenvalue weighted by atomic mass is 127. The molecule has 1 aromatic heterocycles. The van der Waals surface area contributed by atoms with E-state index in [0.717, 1.165) is 25.7 Å². The maximum absolute atomic E-state index is 13.0. The van der Waals surface area contributed by atoms with E-state index in [0.29, 0.717) is 17.8 Å². The number of carbonyl (C=O) groups is 2. The van der Waals surface area contributed by atoms with Gasteiger partial charge in [0.25, 0.3) is 5.91 Å². The van der Waals surface area contributed by atoms with Crippen LogP contribution >= 0.6 is 22.9 Å². The lowest BCUT2D eigenvalue weighted by Gasteiger charge is -2.48. The highest BCUT2D eigenvalue weighted by Crippen LogP contribution is 2.46. The number of halogens is 1. The number of amides is 3. The number of urea groups is 1. The molecule has 0 atom stereocenters. The molecular weight excluding hydrogens is 567 g/mol. The Morgan fingerprint density at radius 2 is 1.53 bits per heavy atom. The van der Waals surface area contributed by atoms with Gasteiger partial charge in [-0.2, -0.15) is 0 Å². The normalized spacial score (nSPS) is 23.7. The second kappa shape index (κ2) is 9.78. The Bertz CT molecular complexity index is 1230. The lowest BCUT2D eigenvalue weighted by atomic mass is 9.69. The summed E-state index contributed by atoms with van der Waals surface area (Å²) < 4.78 is 1.38. The van der Waals surface area contributed by atoms with Crippen molar-refractivity contribution in [2.24, 2.45) is 0 Å². The summed E-state index contributed by atoms with van der Waals surface area (Å²) >= 11 is 1.91. The van der Waals surface area contributed by atoms with E-state index in [2.05, 4.69) is 64.6 Å². The largest absolute Gasteiger partial charge is 0.330 e. The summed E-state index contributed by atoms with van der Waals surface area (Å²) in [6.07, 6.45) is 6.91. The third kappa shape index (κ3) is 4.45. The Labute approximate surface area is 225 Å². The first-order valence-corrected chi connectivity index (χ1v) is 13.0. The molecule has 36 heavy (non-hydrogen) atoms. The van der Waals surface area contributed by atoms with Gasteiger partial charge in [-0.15, -0.1) is 0 Å². The van der Waals surface area contributed by atoms with Crippen molar-refractivity contribution in [1.29, 1.82) is 0 Å². The molecule has 1 saturated heterocycles. The Kier molecular flexibility index (Phi) is 6.69.